The Morgan fingerprint density at radius 2 is 1.04 bits per heavy atom. The Kier molecular flexibility index (Phi) is 7.00. The van der Waals surface area contributed by atoms with Crippen molar-refractivity contribution in [1.82, 2.24) is 0 Å². The third kappa shape index (κ3) is 5.13. The van der Waals surface area contributed by atoms with Crippen molar-refractivity contribution < 1.29 is 31.2 Å². The van der Waals surface area contributed by atoms with E-state index in [9.17, 15) is 22.1 Å². The molecular weight excluding hydrogens is 483 g/mol. The zero-order chi connectivity index (χ0) is 17.9. The Balaban J connectivity index is 1.96. The minimum Gasteiger partial charge on any atom is -0.306 e. The molecule has 2 aromatic rings. The fourth-order valence-electron chi connectivity index (χ4n) is 1.72. The van der Waals surface area contributed by atoms with Gasteiger partial charge in [0.1, 0.15) is 23.3 Å². The second kappa shape index (κ2) is 8.58. The second-order valence-electron chi connectivity index (χ2n) is 4.52. The third-order valence-corrected chi connectivity index (χ3v) is 4.56. The first-order valence-corrected chi connectivity index (χ1v) is 9.15. The van der Waals surface area contributed by atoms with E-state index in [2.05, 4.69) is 31.9 Å². The largest absolute Gasteiger partial charge is 0.319 e. The lowest BCUT2D eigenvalue weighted by Crippen LogP contribution is -1.99. The monoisotopic (exact) mass is 490 g/mol. The predicted octanol–water partition coefficient (Wildman–Crippen LogP) is 5.89. The topological polar surface area (TPSA) is 35.5 Å². The summed E-state index contributed by atoms with van der Waals surface area (Å²) in [6, 6.07) is 4.08. The minimum absolute atomic E-state index is 0.200. The van der Waals surface area contributed by atoms with Crippen LogP contribution in [-0.2, 0) is 26.8 Å². The summed E-state index contributed by atoms with van der Waals surface area (Å²) in [6.07, 6.45) is 0. The Morgan fingerprint density at radius 3 is 1.33 bits per heavy atom. The van der Waals surface area contributed by atoms with Crippen LogP contribution in [-0.4, -0.2) is 0 Å². The van der Waals surface area contributed by atoms with Gasteiger partial charge >= 0.3 is 8.25 Å². The molecule has 0 saturated heterocycles. The maximum atomic E-state index is 13.6. The molecule has 0 N–H and O–H groups in total. The van der Waals surface area contributed by atoms with Gasteiger partial charge < -0.3 is 9.05 Å². The Bertz CT molecular complexity index is 679. The van der Waals surface area contributed by atoms with Crippen LogP contribution in [0.15, 0.2) is 33.2 Å². The van der Waals surface area contributed by atoms with Crippen molar-refractivity contribution in [3.63, 3.8) is 0 Å². The summed E-state index contributed by atoms with van der Waals surface area (Å²) in [4.78, 5) is 0. The molecule has 0 heterocycles. The summed E-state index contributed by atoms with van der Waals surface area (Å²) in [5.74, 6) is -3.55. The van der Waals surface area contributed by atoms with Crippen molar-refractivity contribution in [2.24, 2.45) is 0 Å². The molecule has 0 amide bonds. The molecule has 3 nitrogen and oxygen atoms in total. The highest BCUT2D eigenvalue weighted by atomic mass is 79.9. The zero-order valence-corrected chi connectivity index (χ0v) is 15.9. The second-order valence-corrected chi connectivity index (χ2v) is 7.43. The zero-order valence-electron chi connectivity index (χ0n) is 11.7. The minimum atomic E-state index is -3.21. The molecule has 0 radical (unpaired) electrons. The van der Waals surface area contributed by atoms with Gasteiger partial charge in [-0.15, -0.1) is 0 Å². The molecule has 2 aromatic carbocycles. The van der Waals surface area contributed by atoms with Crippen LogP contribution >= 0.6 is 40.1 Å². The third-order valence-electron chi connectivity index (χ3n) is 2.88. The summed E-state index contributed by atoms with van der Waals surface area (Å²) in [5.41, 5.74) is -0.859. The first-order valence-electron chi connectivity index (χ1n) is 6.34. The van der Waals surface area contributed by atoms with E-state index in [-0.39, 0.29) is 8.95 Å². The molecule has 0 aromatic heterocycles. The Morgan fingerprint density at radius 1 is 0.750 bits per heavy atom. The van der Waals surface area contributed by atoms with Gasteiger partial charge in [0, 0.05) is 20.1 Å². The van der Waals surface area contributed by atoms with Crippen molar-refractivity contribution in [2.45, 2.75) is 13.2 Å². The van der Waals surface area contributed by atoms with Crippen LogP contribution in [0, 0.1) is 23.3 Å². The highest BCUT2D eigenvalue weighted by Gasteiger charge is 2.15. The summed E-state index contributed by atoms with van der Waals surface area (Å²) in [5, 5.41) is 0. The van der Waals surface area contributed by atoms with Gasteiger partial charge in [-0.05, 0) is 24.3 Å². The first kappa shape index (κ1) is 19.6. The first-order chi connectivity index (χ1) is 11.3. The van der Waals surface area contributed by atoms with Gasteiger partial charge in [0.05, 0.1) is 13.2 Å². The normalized spacial score (nSPS) is 11.3. The van der Waals surface area contributed by atoms with Crippen LogP contribution < -0.4 is 0 Å². The molecule has 0 unspecified atom stereocenters. The van der Waals surface area contributed by atoms with Gasteiger partial charge in [-0.25, -0.2) is 17.6 Å². The molecule has 0 aliphatic carbocycles. The van der Waals surface area contributed by atoms with Crippen molar-refractivity contribution in [1.29, 1.82) is 0 Å². The van der Waals surface area contributed by atoms with E-state index in [1.54, 1.807) is 0 Å². The van der Waals surface area contributed by atoms with E-state index in [1.165, 1.54) is 0 Å². The molecule has 24 heavy (non-hydrogen) atoms. The predicted molar refractivity (Wildman–Crippen MR) is 86.7 cm³/mol. The summed E-state index contributed by atoms with van der Waals surface area (Å²) in [6.45, 7) is -1.29. The molecule has 0 aliphatic rings. The smallest absolute Gasteiger partial charge is 0.306 e. The van der Waals surface area contributed by atoms with Gasteiger partial charge in [-0.2, -0.15) is 0 Å². The van der Waals surface area contributed by atoms with Crippen LogP contribution in [0.1, 0.15) is 11.1 Å². The molecule has 2 rings (SSSR count). The quantitative estimate of drug-likeness (QED) is 0.373. The van der Waals surface area contributed by atoms with Crippen LogP contribution in [0.3, 0.4) is 0 Å². The average Bonchev–Trinajstić information content (AvgIpc) is 2.44. The lowest BCUT2D eigenvalue weighted by molar-refractivity contribution is 0.205. The highest BCUT2D eigenvalue weighted by molar-refractivity contribution is 9.10. The van der Waals surface area contributed by atoms with Crippen molar-refractivity contribution >= 4 is 40.1 Å². The molecule has 0 bridgehead atoms. The van der Waals surface area contributed by atoms with Crippen LogP contribution in [0.4, 0.5) is 17.6 Å². The van der Waals surface area contributed by atoms with E-state index in [0.29, 0.717) is 0 Å². The number of rotatable bonds is 6. The highest BCUT2D eigenvalue weighted by Crippen LogP contribution is 2.31. The van der Waals surface area contributed by atoms with E-state index >= 15 is 0 Å². The number of benzene rings is 2. The lowest BCUT2D eigenvalue weighted by atomic mass is 10.2. The molecule has 0 atom stereocenters. The number of hydrogen-bond donors (Lipinski definition) is 0. The van der Waals surface area contributed by atoms with Gasteiger partial charge in [0.2, 0.25) is 0 Å². The van der Waals surface area contributed by atoms with Crippen LogP contribution in [0.2, 0.25) is 0 Å². The summed E-state index contributed by atoms with van der Waals surface area (Å²) < 4.78 is 75.7. The van der Waals surface area contributed by atoms with Crippen molar-refractivity contribution in [3.05, 3.63) is 67.6 Å². The van der Waals surface area contributed by atoms with Gasteiger partial charge in [0.25, 0.3) is 0 Å². The fourth-order valence-corrected chi connectivity index (χ4v) is 3.14. The van der Waals surface area contributed by atoms with Crippen LogP contribution in [0.5, 0.6) is 0 Å². The lowest BCUT2D eigenvalue weighted by Gasteiger charge is -2.09. The van der Waals surface area contributed by atoms with Gasteiger partial charge in [-0.1, -0.05) is 31.9 Å². The molecular formula is C14H9Br2F4O3P. The van der Waals surface area contributed by atoms with Crippen molar-refractivity contribution in [3.8, 4) is 0 Å². The SMILES string of the molecule is O=[PH](OCc1c(F)cc(Br)cc1F)OCc1c(F)cc(Br)cc1F. The summed E-state index contributed by atoms with van der Waals surface area (Å²) in [7, 11) is -3.21. The standard InChI is InChI=1S/C14H9Br2F4O3P/c15-7-1-11(17)9(12(18)2-7)5-22-24(21)23-6-10-13(19)3-8(16)4-14(10)20/h1-4,24H,5-6H2. The van der Waals surface area contributed by atoms with Gasteiger partial charge in [0.15, 0.2) is 0 Å². The number of hydrogen-bond acceptors (Lipinski definition) is 3. The molecule has 10 heteroatoms. The molecule has 0 aliphatic heterocycles. The van der Waals surface area contributed by atoms with Crippen LogP contribution in [0.25, 0.3) is 0 Å². The maximum absolute atomic E-state index is 13.6. The molecule has 0 fully saturated rings. The molecule has 0 saturated carbocycles. The summed E-state index contributed by atoms with van der Waals surface area (Å²) >= 11 is 5.84. The van der Waals surface area contributed by atoms with Gasteiger partial charge in [-0.3, -0.25) is 4.57 Å². The van der Waals surface area contributed by atoms with Crippen molar-refractivity contribution in [2.75, 3.05) is 0 Å². The number of halogens is 6. The fraction of sp³-hybridized carbons (Fsp3) is 0.143. The molecule has 0 spiro atoms. The Labute approximate surface area is 152 Å². The van der Waals surface area contributed by atoms with E-state index in [4.69, 9.17) is 9.05 Å². The molecule has 130 valence electrons. The van der Waals surface area contributed by atoms with E-state index in [0.717, 1.165) is 24.3 Å². The average molecular weight is 492 g/mol. The van der Waals surface area contributed by atoms with E-state index < -0.39 is 55.9 Å². The Hall–Kier alpha value is -0.730. The van der Waals surface area contributed by atoms with E-state index in [1.807, 2.05) is 0 Å². The maximum Gasteiger partial charge on any atom is 0.319 e.